The van der Waals surface area contributed by atoms with Gasteiger partial charge in [-0.15, -0.1) is 10.2 Å². The molecule has 0 aliphatic rings. The summed E-state index contributed by atoms with van der Waals surface area (Å²) in [6, 6.07) is 16.9. The van der Waals surface area contributed by atoms with Crippen molar-refractivity contribution in [1.29, 1.82) is 0 Å². The zero-order valence-electron chi connectivity index (χ0n) is 15.8. The fraction of sp³-hybridized carbons (Fsp3) is 0.143. The molecule has 0 radical (unpaired) electrons. The average molecular weight is 412 g/mol. The van der Waals surface area contributed by atoms with Gasteiger partial charge in [-0.25, -0.2) is 4.98 Å². The SMILES string of the molecule is Cc1ncc(-c2ccccc2S(=O)CCN)nc1-c1nnc(-c2ccccc2)o1.[HH].[HH].[HH]. The number of benzene rings is 2. The van der Waals surface area contributed by atoms with Crippen LogP contribution >= 0.6 is 0 Å². The fourth-order valence-corrected chi connectivity index (χ4v) is 3.97. The minimum absolute atomic E-state index is 0. The van der Waals surface area contributed by atoms with Crippen LogP contribution in [0.15, 0.2) is 70.1 Å². The van der Waals surface area contributed by atoms with Crippen molar-refractivity contribution in [3.8, 4) is 34.3 Å². The molecular formula is C21H25N5O2S. The summed E-state index contributed by atoms with van der Waals surface area (Å²) in [4.78, 5) is 9.82. The molecule has 7 nitrogen and oxygen atoms in total. The van der Waals surface area contributed by atoms with Crippen molar-refractivity contribution in [2.75, 3.05) is 12.3 Å². The standard InChI is InChI=1S/C21H19N5O2S.3H2/c1-14-19(21-26-25-20(28-21)15-7-3-2-4-8-15)24-17(13-23-14)16-9-5-6-10-18(16)29(27)12-11-22;;;/h2-10,13H,11-12,22H2,1H3;3*1H. The van der Waals surface area contributed by atoms with Gasteiger partial charge in [0.05, 0.1) is 28.4 Å². The Morgan fingerprint density at radius 1 is 1.03 bits per heavy atom. The molecule has 2 aromatic heterocycles. The maximum absolute atomic E-state index is 12.6. The number of aryl methyl sites for hydroxylation is 1. The molecule has 0 spiro atoms. The Morgan fingerprint density at radius 3 is 2.55 bits per heavy atom. The third kappa shape index (κ3) is 3.98. The van der Waals surface area contributed by atoms with Gasteiger partial charge in [0.2, 0.25) is 5.89 Å². The van der Waals surface area contributed by atoms with Crippen molar-refractivity contribution >= 4 is 10.8 Å². The molecule has 0 saturated carbocycles. The monoisotopic (exact) mass is 411 g/mol. The first-order chi connectivity index (χ1) is 14.2. The van der Waals surface area contributed by atoms with Crippen molar-refractivity contribution in [3.05, 3.63) is 66.5 Å². The molecule has 4 aromatic rings. The Labute approximate surface area is 175 Å². The minimum Gasteiger partial charge on any atom is -0.415 e. The first-order valence-electron chi connectivity index (χ1n) is 9.08. The molecule has 2 N–H and O–H groups in total. The molecule has 1 unspecified atom stereocenters. The number of hydrogen-bond acceptors (Lipinski definition) is 7. The van der Waals surface area contributed by atoms with E-state index in [0.29, 0.717) is 40.2 Å². The van der Waals surface area contributed by atoms with E-state index in [1.165, 1.54) is 0 Å². The molecule has 0 aliphatic heterocycles. The van der Waals surface area contributed by atoms with Gasteiger partial charge in [0.1, 0.15) is 5.69 Å². The largest absolute Gasteiger partial charge is 0.415 e. The lowest BCUT2D eigenvalue weighted by atomic mass is 10.1. The molecule has 8 heteroatoms. The Morgan fingerprint density at radius 2 is 1.76 bits per heavy atom. The maximum Gasteiger partial charge on any atom is 0.268 e. The van der Waals surface area contributed by atoms with E-state index >= 15 is 0 Å². The summed E-state index contributed by atoms with van der Waals surface area (Å²) in [6.45, 7) is 2.17. The highest BCUT2D eigenvalue weighted by Gasteiger charge is 2.18. The van der Waals surface area contributed by atoms with Crippen LogP contribution in [0.25, 0.3) is 34.3 Å². The summed E-state index contributed by atoms with van der Waals surface area (Å²) in [5.41, 5.74) is 8.90. The molecule has 4 rings (SSSR count). The summed E-state index contributed by atoms with van der Waals surface area (Å²) in [5, 5.41) is 8.28. The topological polar surface area (TPSA) is 108 Å². The van der Waals surface area contributed by atoms with Crippen LogP contribution in [0.4, 0.5) is 0 Å². The van der Waals surface area contributed by atoms with Crippen LogP contribution in [0.5, 0.6) is 0 Å². The lowest BCUT2D eigenvalue weighted by molar-refractivity contribution is 0.581. The van der Waals surface area contributed by atoms with Crippen molar-refractivity contribution in [2.24, 2.45) is 5.73 Å². The molecule has 0 amide bonds. The number of nitrogens with two attached hydrogens (primary N) is 1. The molecule has 0 bridgehead atoms. The van der Waals surface area contributed by atoms with Gasteiger partial charge in [0.25, 0.3) is 5.89 Å². The van der Waals surface area contributed by atoms with E-state index in [2.05, 4.69) is 15.2 Å². The number of nitrogens with zero attached hydrogens (tertiary/aromatic N) is 4. The van der Waals surface area contributed by atoms with Crippen molar-refractivity contribution in [3.63, 3.8) is 0 Å². The van der Waals surface area contributed by atoms with Crippen LogP contribution in [0.2, 0.25) is 0 Å². The van der Waals surface area contributed by atoms with E-state index in [9.17, 15) is 4.21 Å². The van der Waals surface area contributed by atoms with Gasteiger partial charge in [0.15, 0.2) is 0 Å². The highest BCUT2D eigenvalue weighted by atomic mass is 32.2. The third-order valence-corrected chi connectivity index (χ3v) is 5.77. The highest BCUT2D eigenvalue weighted by molar-refractivity contribution is 7.85. The quantitative estimate of drug-likeness (QED) is 0.511. The molecular weight excluding hydrogens is 386 g/mol. The van der Waals surface area contributed by atoms with Crippen LogP contribution in [-0.2, 0) is 10.8 Å². The molecule has 29 heavy (non-hydrogen) atoms. The van der Waals surface area contributed by atoms with Crippen LogP contribution in [0.3, 0.4) is 0 Å². The minimum atomic E-state index is -1.22. The molecule has 2 heterocycles. The summed E-state index contributed by atoms with van der Waals surface area (Å²) in [7, 11) is -1.22. The predicted molar refractivity (Wildman–Crippen MR) is 118 cm³/mol. The van der Waals surface area contributed by atoms with E-state index < -0.39 is 10.8 Å². The van der Waals surface area contributed by atoms with Gasteiger partial charge in [-0.2, -0.15) is 0 Å². The van der Waals surface area contributed by atoms with Gasteiger partial charge in [0, 0.05) is 32.6 Å². The second kappa shape index (κ2) is 8.42. The average Bonchev–Trinajstić information content (AvgIpc) is 3.25. The summed E-state index contributed by atoms with van der Waals surface area (Å²) >= 11 is 0. The predicted octanol–water partition coefficient (Wildman–Crippen LogP) is 3.97. The van der Waals surface area contributed by atoms with Crippen molar-refractivity contribution in [1.82, 2.24) is 20.2 Å². The molecule has 2 aromatic carbocycles. The first kappa shape index (κ1) is 19.1. The smallest absolute Gasteiger partial charge is 0.268 e. The molecule has 0 aliphatic carbocycles. The maximum atomic E-state index is 12.6. The second-order valence-electron chi connectivity index (χ2n) is 6.30. The first-order valence-corrected chi connectivity index (χ1v) is 10.4. The summed E-state index contributed by atoms with van der Waals surface area (Å²) in [5.74, 6) is 1.08. The van der Waals surface area contributed by atoms with Gasteiger partial charge < -0.3 is 10.2 Å². The van der Waals surface area contributed by atoms with Gasteiger partial charge in [-0.3, -0.25) is 9.19 Å². The van der Waals surface area contributed by atoms with Crippen molar-refractivity contribution in [2.45, 2.75) is 11.8 Å². The Hall–Kier alpha value is -3.23. The van der Waals surface area contributed by atoms with Gasteiger partial charge in [-0.05, 0) is 25.1 Å². The Balaban J connectivity index is 0.00000171. The summed E-state index contributed by atoms with van der Waals surface area (Å²) < 4.78 is 18.4. The third-order valence-electron chi connectivity index (χ3n) is 4.32. The van der Waals surface area contributed by atoms with E-state index in [0.717, 1.165) is 11.1 Å². The zero-order chi connectivity index (χ0) is 20.2. The van der Waals surface area contributed by atoms with E-state index in [1.807, 2.05) is 61.5 Å². The normalized spacial score (nSPS) is 12.1. The second-order valence-corrected chi connectivity index (χ2v) is 7.84. The van der Waals surface area contributed by atoms with E-state index in [1.54, 1.807) is 6.20 Å². The molecule has 152 valence electrons. The van der Waals surface area contributed by atoms with Gasteiger partial charge >= 0.3 is 0 Å². The fourth-order valence-electron chi connectivity index (χ4n) is 2.89. The van der Waals surface area contributed by atoms with Crippen LogP contribution in [-0.4, -0.2) is 36.7 Å². The molecule has 1 atom stereocenters. The zero-order valence-corrected chi connectivity index (χ0v) is 16.6. The number of rotatable bonds is 6. The lowest BCUT2D eigenvalue weighted by Gasteiger charge is -2.09. The number of aromatic nitrogens is 4. The lowest BCUT2D eigenvalue weighted by Crippen LogP contribution is -2.11. The van der Waals surface area contributed by atoms with Gasteiger partial charge in [-0.1, -0.05) is 36.4 Å². The molecule has 0 fully saturated rings. The van der Waals surface area contributed by atoms with Crippen molar-refractivity contribution < 1.29 is 12.9 Å². The Bertz CT molecular complexity index is 1180. The number of hydrogen-bond donors (Lipinski definition) is 1. The van der Waals surface area contributed by atoms with E-state index in [4.69, 9.17) is 15.1 Å². The summed E-state index contributed by atoms with van der Waals surface area (Å²) in [6.07, 6.45) is 1.66. The van der Waals surface area contributed by atoms with E-state index in [-0.39, 0.29) is 10.2 Å². The van der Waals surface area contributed by atoms with Crippen LogP contribution in [0, 0.1) is 6.92 Å². The van der Waals surface area contributed by atoms with Crippen LogP contribution in [0.1, 0.15) is 9.97 Å². The Kier molecular flexibility index (Phi) is 5.55. The highest BCUT2D eigenvalue weighted by Crippen LogP contribution is 2.29. The molecule has 0 saturated heterocycles. The van der Waals surface area contributed by atoms with Crippen LogP contribution < -0.4 is 5.73 Å².